The number of benzene rings is 2. The zero-order valence-corrected chi connectivity index (χ0v) is 16.5. The smallest absolute Gasteiger partial charge is 0.00993 e. The van der Waals surface area contributed by atoms with Gasteiger partial charge < -0.3 is 0 Å². The van der Waals surface area contributed by atoms with E-state index in [1.54, 1.807) is 0 Å². The van der Waals surface area contributed by atoms with Crippen molar-refractivity contribution in [2.45, 2.75) is 77.6 Å². The molecule has 0 fully saturated rings. The lowest BCUT2D eigenvalue weighted by molar-refractivity contribution is 0.559. The third kappa shape index (κ3) is 5.10. The first-order chi connectivity index (χ1) is 12.9. The van der Waals surface area contributed by atoms with Gasteiger partial charge in [0.25, 0.3) is 0 Å². The van der Waals surface area contributed by atoms with Gasteiger partial charge in [0.15, 0.2) is 0 Å². The molecule has 0 aliphatic heterocycles. The quantitative estimate of drug-likeness (QED) is 0.344. The predicted octanol–water partition coefficient (Wildman–Crippen LogP) is 6.59. The Kier molecular flexibility index (Phi) is 7.55. The van der Waals surface area contributed by atoms with Crippen molar-refractivity contribution in [3.63, 3.8) is 0 Å². The molecule has 0 atom stereocenters. The Balaban J connectivity index is 1.42. The molecule has 2 aromatic rings. The van der Waals surface area contributed by atoms with E-state index in [4.69, 9.17) is 0 Å². The van der Waals surface area contributed by atoms with Crippen LogP contribution in [0.2, 0.25) is 0 Å². The third-order valence-electron chi connectivity index (χ3n) is 5.61. The lowest BCUT2D eigenvalue weighted by Crippen LogP contribution is -2.24. The van der Waals surface area contributed by atoms with Crippen LogP contribution in [-0.2, 0) is 0 Å². The molecule has 0 amide bonds. The van der Waals surface area contributed by atoms with Gasteiger partial charge in [0, 0.05) is 0 Å². The summed E-state index contributed by atoms with van der Waals surface area (Å²) < 4.78 is 0. The van der Waals surface area contributed by atoms with Gasteiger partial charge in [0.1, 0.15) is 0 Å². The first-order valence-electron chi connectivity index (χ1n) is 10.8. The summed E-state index contributed by atoms with van der Waals surface area (Å²) in [5, 5.41) is 2.83. The average molecular weight is 347 g/mol. The van der Waals surface area contributed by atoms with Gasteiger partial charge in [-0.3, -0.25) is 0 Å². The summed E-state index contributed by atoms with van der Waals surface area (Å²) in [6.45, 7) is 2.29. The Morgan fingerprint density at radius 3 is 2.08 bits per heavy atom. The molecule has 0 saturated carbocycles. The van der Waals surface area contributed by atoms with Gasteiger partial charge in [0.2, 0.25) is 0 Å². The first kappa shape index (κ1) is 19.0. The van der Waals surface area contributed by atoms with Gasteiger partial charge in [-0.1, -0.05) is 113 Å². The molecule has 1 aliphatic rings. The van der Waals surface area contributed by atoms with Gasteiger partial charge in [0.05, 0.1) is 0 Å². The minimum Gasteiger partial charge on any atom is -0.0766 e. The fourth-order valence-corrected chi connectivity index (χ4v) is 4.07. The maximum Gasteiger partial charge on any atom is -0.00993 e. The van der Waals surface area contributed by atoms with Crippen LogP contribution in [0.1, 0.15) is 83.1 Å². The number of rotatable bonds is 11. The minimum atomic E-state index is 1.21. The van der Waals surface area contributed by atoms with Crippen LogP contribution in [0, 0.1) is 0 Å². The van der Waals surface area contributed by atoms with E-state index in [1.807, 2.05) is 0 Å². The average Bonchev–Trinajstić information content (AvgIpc) is 3.06. The summed E-state index contributed by atoms with van der Waals surface area (Å²) in [6, 6.07) is 15.5. The van der Waals surface area contributed by atoms with Crippen molar-refractivity contribution >= 4 is 12.2 Å². The summed E-state index contributed by atoms with van der Waals surface area (Å²) in [4.78, 5) is 0. The molecule has 138 valence electrons. The van der Waals surface area contributed by atoms with Gasteiger partial charge in [-0.15, -0.1) is 0 Å². The maximum atomic E-state index is 2.45. The molecule has 2 aromatic carbocycles. The fourth-order valence-electron chi connectivity index (χ4n) is 4.07. The van der Waals surface area contributed by atoms with Crippen molar-refractivity contribution in [2.75, 3.05) is 0 Å². The van der Waals surface area contributed by atoms with Crippen LogP contribution in [0.4, 0.5) is 0 Å². The Bertz CT molecular complexity index is 797. The van der Waals surface area contributed by atoms with E-state index in [0.29, 0.717) is 0 Å². The Hall–Kier alpha value is -1.82. The van der Waals surface area contributed by atoms with Gasteiger partial charge >= 0.3 is 0 Å². The van der Waals surface area contributed by atoms with E-state index in [1.165, 1.54) is 97.8 Å². The van der Waals surface area contributed by atoms with Crippen molar-refractivity contribution in [3.8, 4) is 11.1 Å². The monoisotopic (exact) mass is 346 g/mol. The Morgan fingerprint density at radius 2 is 1.31 bits per heavy atom. The zero-order chi connectivity index (χ0) is 18.0. The summed E-state index contributed by atoms with van der Waals surface area (Å²) in [7, 11) is 0. The molecule has 0 nitrogen and oxygen atoms in total. The van der Waals surface area contributed by atoms with Gasteiger partial charge in [-0.05, 0) is 46.0 Å². The van der Waals surface area contributed by atoms with Crippen molar-refractivity contribution in [1.82, 2.24) is 0 Å². The molecule has 0 heterocycles. The highest BCUT2D eigenvalue weighted by atomic mass is 14.1. The second-order valence-corrected chi connectivity index (χ2v) is 7.71. The number of unbranched alkanes of at least 4 members (excludes halogenated alkanes) is 10. The van der Waals surface area contributed by atoms with Crippen molar-refractivity contribution in [3.05, 3.63) is 58.5 Å². The molecule has 0 radical (unpaired) electrons. The summed E-state index contributed by atoms with van der Waals surface area (Å²) in [5.74, 6) is 0. The summed E-state index contributed by atoms with van der Waals surface area (Å²) in [6.07, 6.45) is 20.1. The zero-order valence-electron chi connectivity index (χ0n) is 16.5. The van der Waals surface area contributed by atoms with E-state index < -0.39 is 0 Å². The molecular weight excluding hydrogens is 312 g/mol. The van der Waals surface area contributed by atoms with E-state index >= 15 is 0 Å². The number of hydrogen-bond acceptors (Lipinski definition) is 0. The fraction of sp³-hybridized carbons (Fsp3) is 0.462. The van der Waals surface area contributed by atoms with Crippen LogP contribution in [0.15, 0.2) is 42.5 Å². The molecule has 0 saturated heterocycles. The molecule has 1 aliphatic carbocycles. The molecule has 0 N–H and O–H groups in total. The van der Waals surface area contributed by atoms with Crippen LogP contribution in [0.3, 0.4) is 0 Å². The van der Waals surface area contributed by atoms with E-state index in [-0.39, 0.29) is 0 Å². The van der Waals surface area contributed by atoms with E-state index in [0.717, 1.165) is 0 Å². The third-order valence-corrected chi connectivity index (χ3v) is 5.61. The van der Waals surface area contributed by atoms with Crippen LogP contribution >= 0.6 is 0 Å². The first-order valence-corrected chi connectivity index (χ1v) is 10.8. The van der Waals surface area contributed by atoms with Crippen molar-refractivity contribution < 1.29 is 0 Å². The van der Waals surface area contributed by atoms with Crippen molar-refractivity contribution in [1.29, 1.82) is 0 Å². The van der Waals surface area contributed by atoms with E-state index in [9.17, 15) is 0 Å². The lowest BCUT2D eigenvalue weighted by Gasteiger charge is -2.02. The Labute approximate surface area is 159 Å². The minimum absolute atomic E-state index is 1.21. The SMILES string of the molecule is CCCCCCCCCCCCC=c1cccc2c1=Cc1ccccc1-2. The standard InChI is InChI=1S/C26H34/c1-2-3-4-5-6-7-8-9-10-11-12-16-22-18-15-20-25-24-19-14-13-17-23(24)21-26(22)25/h13-21H,2-12H2,1H3. The largest absolute Gasteiger partial charge is 0.0766 e. The van der Waals surface area contributed by atoms with Crippen LogP contribution in [0.5, 0.6) is 0 Å². The highest BCUT2D eigenvalue weighted by Gasteiger charge is 2.10. The van der Waals surface area contributed by atoms with Gasteiger partial charge in [-0.25, -0.2) is 0 Å². The molecule has 0 unspecified atom stereocenters. The topological polar surface area (TPSA) is 0 Å². The van der Waals surface area contributed by atoms with E-state index in [2.05, 4.69) is 61.5 Å². The second-order valence-electron chi connectivity index (χ2n) is 7.71. The molecule has 26 heavy (non-hydrogen) atoms. The van der Waals surface area contributed by atoms with Crippen LogP contribution in [-0.4, -0.2) is 0 Å². The molecular formula is C26H34. The Morgan fingerprint density at radius 1 is 0.654 bits per heavy atom. The molecule has 0 heteroatoms. The van der Waals surface area contributed by atoms with Crippen LogP contribution in [0.25, 0.3) is 23.3 Å². The van der Waals surface area contributed by atoms with Crippen LogP contribution < -0.4 is 10.4 Å². The second kappa shape index (κ2) is 10.4. The normalized spacial score (nSPS) is 12.7. The molecule has 0 aromatic heterocycles. The van der Waals surface area contributed by atoms with Crippen molar-refractivity contribution in [2.24, 2.45) is 0 Å². The maximum absolute atomic E-state index is 2.45. The lowest BCUT2D eigenvalue weighted by atomic mass is 10.0. The van der Waals surface area contributed by atoms with Gasteiger partial charge in [-0.2, -0.15) is 0 Å². The molecule has 3 rings (SSSR count). The molecule has 0 bridgehead atoms. The summed E-state index contributed by atoms with van der Waals surface area (Å²) in [5.41, 5.74) is 4.15. The predicted molar refractivity (Wildman–Crippen MR) is 116 cm³/mol. The molecule has 0 spiro atoms. The summed E-state index contributed by atoms with van der Waals surface area (Å²) >= 11 is 0. The number of fused-ring (bicyclic) bond motifs is 3. The highest BCUT2D eigenvalue weighted by molar-refractivity contribution is 5.82. The highest BCUT2D eigenvalue weighted by Crippen LogP contribution is 2.24. The number of hydrogen-bond donors (Lipinski definition) is 0.